The lowest BCUT2D eigenvalue weighted by molar-refractivity contribution is 0.263. The Morgan fingerprint density at radius 1 is 1.38 bits per heavy atom. The summed E-state index contributed by atoms with van der Waals surface area (Å²) in [7, 11) is 4.08. The molecule has 1 heterocycles. The summed E-state index contributed by atoms with van der Waals surface area (Å²) < 4.78 is 6.94. The van der Waals surface area contributed by atoms with Crippen LogP contribution in [0.15, 0.2) is 18.2 Å². The summed E-state index contributed by atoms with van der Waals surface area (Å²) in [6, 6.07) is 6.08. The van der Waals surface area contributed by atoms with E-state index in [4.69, 9.17) is 4.74 Å². The molecule has 2 aromatic rings. The van der Waals surface area contributed by atoms with Crippen molar-refractivity contribution in [3.63, 3.8) is 0 Å². The first-order chi connectivity index (χ1) is 7.66. The topological polar surface area (TPSA) is 25.4 Å². The van der Waals surface area contributed by atoms with Crippen molar-refractivity contribution >= 4 is 21.6 Å². The molecule has 0 atom stereocenters. The van der Waals surface area contributed by atoms with Gasteiger partial charge in [-0.15, -0.1) is 11.3 Å². The van der Waals surface area contributed by atoms with Crippen molar-refractivity contribution < 1.29 is 4.74 Å². The first-order valence-corrected chi connectivity index (χ1v) is 6.12. The number of thiazole rings is 1. The molecule has 1 aromatic carbocycles. The molecule has 0 amide bonds. The summed E-state index contributed by atoms with van der Waals surface area (Å²) in [5.74, 6) is 0.892. The smallest absolute Gasteiger partial charge is 0.146 e. The second kappa shape index (κ2) is 4.80. The molecule has 0 bridgehead atoms. The standard InChI is InChI=1S/C12H16N2OS/c1-9-13-12-10(15-8-7-14(2)3)5-4-6-11(12)16-9/h4-6H,7-8H2,1-3H3. The molecule has 0 saturated heterocycles. The Morgan fingerprint density at radius 3 is 2.94 bits per heavy atom. The molecule has 2 rings (SSSR count). The predicted octanol–water partition coefficient (Wildman–Crippen LogP) is 2.55. The largest absolute Gasteiger partial charge is 0.490 e. The maximum atomic E-state index is 5.75. The van der Waals surface area contributed by atoms with Crippen LogP contribution in [0.5, 0.6) is 5.75 Å². The van der Waals surface area contributed by atoms with Gasteiger partial charge in [0.15, 0.2) is 0 Å². The number of rotatable bonds is 4. The molecule has 0 aliphatic rings. The second-order valence-corrected chi connectivity index (χ2v) is 5.22. The number of nitrogens with zero attached hydrogens (tertiary/aromatic N) is 2. The quantitative estimate of drug-likeness (QED) is 0.815. The molecular weight excluding hydrogens is 220 g/mol. The van der Waals surface area contributed by atoms with E-state index in [0.29, 0.717) is 6.61 Å². The van der Waals surface area contributed by atoms with Crippen LogP contribution in [0.4, 0.5) is 0 Å². The number of ether oxygens (including phenoxy) is 1. The molecule has 0 radical (unpaired) electrons. The molecule has 4 heteroatoms. The van der Waals surface area contributed by atoms with Crippen LogP contribution in [0.25, 0.3) is 10.2 Å². The summed E-state index contributed by atoms with van der Waals surface area (Å²) in [5, 5.41) is 1.08. The van der Waals surface area contributed by atoms with Crippen LogP contribution in [0.3, 0.4) is 0 Å². The first-order valence-electron chi connectivity index (χ1n) is 5.30. The SMILES string of the molecule is Cc1nc2c(OCCN(C)C)cccc2s1. The van der Waals surface area contributed by atoms with Gasteiger partial charge < -0.3 is 9.64 Å². The van der Waals surface area contributed by atoms with Crippen LogP contribution in [0.2, 0.25) is 0 Å². The lowest BCUT2D eigenvalue weighted by Gasteiger charge is -2.11. The van der Waals surface area contributed by atoms with E-state index in [9.17, 15) is 0 Å². The zero-order valence-electron chi connectivity index (χ0n) is 9.86. The monoisotopic (exact) mass is 236 g/mol. The normalized spacial score (nSPS) is 11.2. The van der Waals surface area contributed by atoms with Gasteiger partial charge >= 0.3 is 0 Å². The van der Waals surface area contributed by atoms with E-state index in [1.807, 2.05) is 33.2 Å². The van der Waals surface area contributed by atoms with Gasteiger partial charge in [-0.2, -0.15) is 0 Å². The van der Waals surface area contributed by atoms with Gasteiger partial charge in [0.2, 0.25) is 0 Å². The fourth-order valence-corrected chi connectivity index (χ4v) is 2.33. The summed E-state index contributed by atoms with van der Waals surface area (Å²) in [4.78, 5) is 6.59. The van der Waals surface area contributed by atoms with Gasteiger partial charge in [0, 0.05) is 6.54 Å². The molecule has 0 saturated carbocycles. The molecule has 1 aromatic heterocycles. The van der Waals surface area contributed by atoms with Gasteiger partial charge in [0.25, 0.3) is 0 Å². The van der Waals surface area contributed by atoms with Crippen molar-refractivity contribution in [3.8, 4) is 5.75 Å². The third kappa shape index (κ3) is 2.51. The van der Waals surface area contributed by atoms with Crippen LogP contribution < -0.4 is 4.74 Å². The molecule has 0 spiro atoms. The third-order valence-electron chi connectivity index (χ3n) is 2.28. The van der Waals surface area contributed by atoms with Crippen LogP contribution in [-0.2, 0) is 0 Å². The van der Waals surface area contributed by atoms with E-state index in [1.165, 1.54) is 4.70 Å². The van der Waals surface area contributed by atoms with Gasteiger partial charge in [-0.05, 0) is 33.2 Å². The molecule has 86 valence electrons. The Kier molecular flexibility index (Phi) is 3.41. The lowest BCUT2D eigenvalue weighted by Crippen LogP contribution is -2.19. The molecule has 0 aliphatic heterocycles. The summed E-state index contributed by atoms with van der Waals surface area (Å²) in [6.07, 6.45) is 0. The van der Waals surface area contributed by atoms with Gasteiger partial charge in [-0.3, -0.25) is 0 Å². The van der Waals surface area contributed by atoms with Crippen molar-refractivity contribution in [2.75, 3.05) is 27.2 Å². The average molecular weight is 236 g/mol. The molecule has 0 unspecified atom stereocenters. The minimum absolute atomic E-state index is 0.697. The van der Waals surface area contributed by atoms with E-state index >= 15 is 0 Å². The average Bonchev–Trinajstić information content (AvgIpc) is 2.58. The van der Waals surface area contributed by atoms with Gasteiger partial charge in [-0.25, -0.2) is 4.98 Å². The molecule has 3 nitrogen and oxygen atoms in total. The highest BCUT2D eigenvalue weighted by molar-refractivity contribution is 7.18. The molecule has 0 fully saturated rings. The Labute approximate surface area is 99.7 Å². The van der Waals surface area contributed by atoms with E-state index < -0.39 is 0 Å². The first kappa shape index (κ1) is 11.4. The maximum Gasteiger partial charge on any atom is 0.146 e. The highest BCUT2D eigenvalue weighted by Gasteiger charge is 2.06. The number of hydrogen-bond donors (Lipinski definition) is 0. The minimum atomic E-state index is 0.697. The Morgan fingerprint density at radius 2 is 2.19 bits per heavy atom. The van der Waals surface area contributed by atoms with Crippen LogP contribution >= 0.6 is 11.3 Å². The van der Waals surface area contributed by atoms with E-state index in [-0.39, 0.29) is 0 Å². The number of likely N-dealkylation sites (N-methyl/N-ethyl adjacent to an activating group) is 1. The zero-order valence-corrected chi connectivity index (χ0v) is 10.7. The van der Waals surface area contributed by atoms with Crippen molar-refractivity contribution in [3.05, 3.63) is 23.2 Å². The highest BCUT2D eigenvalue weighted by Crippen LogP contribution is 2.29. The number of benzene rings is 1. The van der Waals surface area contributed by atoms with Crippen molar-refractivity contribution in [2.24, 2.45) is 0 Å². The van der Waals surface area contributed by atoms with Crippen LogP contribution in [-0.4, -0.2) is 37.1 Å². The van der Waals surface area contributed by atoms with E-state index in [1.54, 1.807) is 11.3 Å². The van der Waals surface area contributed by atoms with Gasteiger partial charge in [-0.1, -0.05) is 6.07 Å². The number of para-hydroxylation sites is 1. The van der Waals surface area contributed by atoms with Crippen molar-refractivity contribution in [2.45, 2.75) is 6.92 Å². The zero-order chi connectivity index (χ0) is 11.5. The Balaban J connectivity index is 2.17. The lowest BCUT2D eigenvalue weighted by atomic mass is 10.3. The summed E-state index contributed by atoms with van der Waals surface area (Å²) in [6.45, 7) is 3.64. The minimum Gasteiger partial charge on any atom is -0.490 e. The van der Waals surface area contributed by atoms with E-state index in [2.05, 4.69) is 16.0 Å². The van der Waals surface area contributed by atoms with Crippen LogP contribution in [0, 0.1) is 6.92 Å². The number of hydrogen-bond acceptors (Lipinski definition) is 4. The number of fused-ring (bicyclic) bond motifs is 1. The maximum absolute atomic E-state index is 5.75. The number of aryl methyl sites for hydroxylation is 1. The summed E-state index contributed by atoms with van der Waals surface area (Å²) >= 11 is 1.70. The third-order valence-corrected chi connectivity index (χ3v) is 3.22. The number of aromatic nitrogens is 1. The Bertz CT molecular complexity index is 479. The van der Waals surface area contributed by atoms with Gasteiger partial charge in [0.1, 0.15) is 17.9 Å². The fraction of sp³-hybridized carbons (Fsp3) is 0.417. The Hall–Kier alpha value is -1.13. The highest BCUT2D eigenvalue weighted by atomic mass is 32.1. The molecule has 0 N–H and O–H groups in total. The van der Waals surface area contributed by atoms with Crippen LogP contribution in [0.1, 0.15) is 5.01 Å². The molecular formula is C12H16N2OS. The molecule has 16 heavy (non-hydrogen) atoms. The molecule has 0 aliphatic carbocycles. The second-order valence-electron chi connectivity index (χ2n) is 3.99. The van der Waals surface area contributed by atoms with Crippen molar-refractivity contribution in [1.82, 2.24) is 9.88 Å². The van der Waals surface area contributed by atoms with E-state index in [0.717, 1.165) is 22.8 Å². The summed E-state index contributed by atoms with van der Waals surface area (Å²) in [5.41, 5.74) is 0.990. The predicted molar refractivity (Wildman–Crippen MR) is 68.4 cm³/mol. The fourth-order valence-electron chi connectivity index (χ4n) is 1.49. The van der Waals surface area contributed by atoms with Crippen molar-refractivity contribution in [1.29, 1.82) is 0 Å². The van der Waals surface area contributed by atoms with Gasteiger partial charge in [0.05, 0.1) is 9.71 Å².